The maximum Gasteiger partial charge on any atom is 0.251 e. The van der Waals surface area contributed by atoms with Crippen LogP contribution in [0.25, 0.3) is 0 Å². The molecule has 0 aromatic heterocycles. The third-order valence-electron chi connectivity index (χ3n) is 3.66. The molecule has 0 aliphatic rings. The molecule has 0 saturated carbocycles. The zero-order valence-electron chi connectivity index (χ0n) is 13.1. The van der Waals surface area contributed by atoms with Gasteiger partial charge in [-0.15, -0.1) is 0 Å². The van der Waals surface area contributed by atoms with Crippen LogP contribution in [0.1, 0.15) is 48.2 Å². The number of rotatable bonds is 7. The highest BCUT2D eigenvalue weighted by Crippen LogP contribution is 2.15. The van der Waals surface area contributed by atoms with E-state index in [4.69, 9.17) is 5.11 Å². The molecule has 3 nitrogen and oxygen atoms in total. The average molecular weight is 277 g/mol. The molecular formula is C17H27NO2. The molecule has 0 heterocycles. The first-order valence-corrected chi connectivity index (χ1v) is 7.40. The molecule has 0 bridgehead atoms. The zero-order chi connectivity index (χ0) is 15.1. The highest BCUT2D eigenvalue weighted by atomic mass is 16.3. The maximum absolute atomic E-state index is 12.1. The second-order valence-electron chi connectivity index (χ2n) is 6.02. The van der Waals surface area contributed by atoms with Crippen LogP contribution >= 0.6 is 0 Å². The first-order valence-electron chi connectivity index (χ1n) is 7.40. The molecule has 0 saturated heterocycles. The van der Waals surface area contributed by atoms with Crippen molar-refractivity contribution in [3.05, 3.63) is 34.9 Å². The molecule has 0 fully saturated rings. The topological polar surface area (TPSA) is 49.3 Å². The lowest BCUT2D eigenvalue weighted by Gasteiger charge is -2.18. The van der Waals surface area contributed by atoms with Gasteiger partial charge in [0.1, 0.15) is 0 Å². The number of hydrogen-bond acceptors (Lipinski definition) is 2. The van der Waals surface area contributed by atoms with E-state index in [1.807, 2.05) is 32.0 Å². The van der Waals surface area contributed by atoms with Crippen molar-refractivity contribution in [2.75, 3.05) is 13.2 Å². The van der Waals surface area contributed by atoms with Crippen molar-refractivity contribution in [2.24, 2.45) is 11.8 Å². The van der Waals surface area contributed by atoms with Gasteiger partial charge in [-0.05, 0) is 61.8 Å². The molecule has 0 aliphatic heterocycles. The van der Waals surface area contributed by atoms with E-state index in [9.17, 15) is 4.79 Å². The van der Waals surface area contributed by atoms with Gasteiger partial charge in [-0.3, -0.25) is 4.79 Å². The van der Waals surface area contributed by atoms with Crippen molar-refractivity contribution >= 4 is 5.91 Å². The first-order chi connectivity index (χ1) is 9.43. The van der Waals surface area contributed by atoms with Crippen molar-refractivity contribution in [3.8, 4) is 0 Å². The zero-order valence-corrected chi connectivity index (χ0v) is 13.1. The third-order valence-corrected chi connectivity index (χ3v) is 3.66. The van der Waals surface area contributed by atoms with Crippen LogP contribution in [-0.4, -0.2) is 24.2 Å². The fraction of sp³-hybridized carbons (Fsp3) is 0.588. The number of hydrogen-bond donors (Lipinski definition) is 2. The molecule has 3 heteroatoms. The van der Waals surface area contributed by atoms with Crippen molar-refractivity contribution in [3.63, 3.8) is 0 Å². The quantitative estimate of drug-likeness (QED) is 0.804. The molecule has 1 amide bonds. The van der Waals surface area contributed by atoms with E-state index in [0.717, 1.165) is 18.4 Å². The number of nitrogens with one attached hydrogen (secondary N) is 1. The summed E-state index contributed by atoms with van der Waals surface area (Å²) in [6.45, 7) is 9.18. The highest BCUT2D eigenvalue weighted by molar-refractivity contribution is 5.94. The second kappa shape index (κ2) is 8.05. The first kappa shape index (κ1) is 16.7. The minimum Gasteiger partial charge on any atom is -0.396 e. The third kappa shape index (κ3) is 5.33. The molecule has 0 spiro atoms. The predicted molar refractivity (Wildman–Crippen MR) is 82.9 cm³/mol. The number of aliphatic hydroxyl groups excluding tert-OH is 1. The van der Waals surface area contributed by atoms with Gasteiger partial charge in [0, 0.05) is 18.7 Å². The van der Waals surface area contributed by atoms with Gasteiger partial charge in [-0.2, -0.15) is 0 Å². The van der Waals surface area contributed by atoms with Crippen LogP contribution in [0.4, 0.5) is 0 Å². The Bertz CT molecular complexity index is 441. The van der Waals surface area contributed by atoms with E-state index in [1.165, 1.54) is 5.56 Å². The van der Waals surface area contributed by atoms with Crippen molar-refractivity contribution < 1.29 is 9.90 Å². The Morgan fingerprint density at radius 1 is 1.25 bits per heavy atom. The molecule has 1 unspecified atom stereocenters. The minimum absolute atomic E-state index is 0.0280. The van der Waals surface area contributed by atoms with Crippen LogP contribution < -0.4 is 5.32 Å². The van der Waals surface area contributed by atoms with Gasteiger partial charge in [-0.1, -0.05) is 19.9 Å². The fourth-order valence-corrected chi connectivity index (χ4v) is 2.37. The molecule has 0 aliphatic carbocycles. The van der Waals surface area contributed by atoms with E-state index in [0.29, 0.717) is 23.9 Å². The van der Waals surface area contributed by atoms with Crippen molar-refractivity contribution in [1.82, 2.24) is 5.32 Å². The Morgan fingerprint density at radius 2 is 1.95 bits per heavy atom. The van der Waals surface area contributed by atoms with Crippen LogP contribution in [0.3, 0.4) is 0 Å². The summed E-state index contributed by atoms with van der Waals surface area (Å²) in [5.41, 5.74) is 3.03. The lowest BCUT2D eigenvalue weighted by molar-refractivity contribution is 0.0941. The summed E-state index contributed by atoms with van der Waals surface area (Å²) in [6, 6.07) is 5.76. The van der Waals surface area contributed by atoms with Crippen LogP contribution in [0.5, 0.6) is 0 Å². The van der Waals surface area contributed by atoms with Crippen LogP contribution in [-0.2, 0) is 0 Å². The number of carbonyl (C=O) groups is 1. The molecule has 1 atom stereocenters. The van der Waals surface area contributed by atoms with Crippen molar-refractivity contribution in [2.45, 2.75) is 40.5 Å². The van der Waals surface area contributed by atoms with Gasteiger partial charge < -0.3 is 10.4 Å². The highest BCUT2D eigenvalue weighted by Gasteiger charge is 2.13. The summed E-state index contributed by atoms with van der Waals surface area (Å²) < 4.78 is 0. The Morgan fingerprint density at radius 3 is 2.50 bits per heavy atom. The largest absolute Gasteiger partial charge is 0.396 e. The van der Waals surface area contributed by atoms with E-state index < -0.39 is 0 Å². The number of amides is 1. The summed E-state index contributed by atoms with van der Waals surface area (Å²) in [7, 11) is 0. The standard InChI is InChI=1S/C17H27NO2/c1-12(2)9-15(7-8-19)11-18-17(20)16-6-5-13(3)14(4)10-16/h5-6,10,12,15,19H,7-9,11H2,1-4H3,(H,18,20). The molecule has 1 rings (SSSR count). The lowest BCUT2D eigenvalue weighted by Crippen LogP contribution is -2.30. The van der Waals surface area contributed by atoms with E-state index >= 15 is 0 Å². The lowest BCUT2D eigenvalue weighted by atomic mass is 9.94. The predicted octanol–water partition coefficient (Wildman–Crippen LogP) is 3.08. The summed E-state index contributed by atoms with van der Waals surface area (Å²) in [4.78, 5) is 12.1. The van der Waals surface area contributed by atoms with E-state index in [1.54, 1.807) is 0 Å². The van der Waals surface area contributed by atoms with Gasteiger partial charge in [0.15, 0.2) is 0 Å². The average Bonchev–Trinajstić information content (AvgIpc) is 2.38. The van der Waals surface area contributed by atoms with Crippen LogP contribution in [0, 0.1) is 25.7 Å². The van der Waals surface area contributed by atoms with Gasteiger partial charge in [0.2, 0.25) is 0 Å². The Kier molecular flexibility index (Phi) is 6.73. The van der Waals surface area contributed by atoms with Gasteiger partial charge in [0.25, 0.3) is 5.91 Å². The summed E-state index contributed by atoms with van der Waals surface area (Å²) >= 11 is 0. The number of aryl methyl sites for hydroxylation is 2. The minimum atomic E-state index is -0.0280. The molecule has 20 heavy (non-hydrogen) atoms. The Hall–Kier alpha value is -1.35. The Labute approximate surface area is 122 Å². The molecule has 1 aromatic rings. The molecule has 0 radical (unpaired) electrons. The van der Waals surface area contributed by atoms with Gasteiger partial charge in [0.05, 0.1) is 0 Å². The fourth-order valence-electron chi connectivity index (χ4n) is 2.37. The smallest absolute Gasteiger partial charge is 0.251 e. The summed E-state index contributed by atoms with van der Waals surface area (Å²) in [5.74, 6) is 0.889. The second-order valence-corrected chi connectivity index (χ2v) is 6.02. The van der Waals surface area contributed by atoms with Gasteiger partial charge in [-0.25, -0.2) is 0 Å². The van der Waals surface area contributed by atoms with E-state index in [-0.39, 0.29) is 12.5 Å². The van der Waals surface area contributed by atoms with Crippen LogP contribution in [0.2, 0.25) is 0 Å². The normalized spacial score (nSPS) is 12.5. The monoisotopic (exact) mass is 277 g/mol. The number of benzene rings is 1. The number of carbonyl (C=O) groups excluding carboxylic acids is 1. The number of aliphatic hydroxyl groups is 1. The van der Waals surface area contributed by atoms with Gasteiger partial charge >= 0.3 is 0 Å². The van der Waals surface area contributed by atoms with Crippen LogP contribution in [0.15, 0.2) is 18.2 Å². The molecule has 112 valence electrons. The molecule has 2 N–H and O–H groups in total. The Balaban J connectivity index is 2.58. The summed E-state index contributed by atoms with van der Waals surface area (Å²) in [5, 5.41) is 12.1. The molecule has 1 aromatic carbocycles. The van der Waals surface area contributed by atoms with Crippen molar-refractivity contribution in [1.29, 1.82) is 0 Å². The maximum atomic E-state index is 12.1. The molecular weight excluding hydrogens is 250 g/mol. The summed E-state index contributed by atoms with van der Waals surface area (Å²) in [6.07, 6.45) is 1.76. The SMILES string of the molecule is Cc1ccc(C(=O)NCC(CCO)CC(C)C)cc1C. The van der Waals surface area contributed by atoms with E-state index in [2.05, 4.69) is 19.2 Å².